The molecule has 0 aromatic heterocycles. The Bertz CT molecular complexity index is 375. The van der Waals surface area contributed by atoms with Crippen LogP contribution in [0.2, 0.25) is 5.02 Å². The smallest absolute Gasteiger partial charge is 0.188 e. The lowest BCUT2D eigenvalue weighted by atomic mass is 10.0. The van der Waals surface area contributed by atoms with Crippen molar-refractivity contribution in [3.05, 3.63) is 28.3 Å². The second kappa shape index (κ2) is 5.04. The van der Waals surface area contributed by atoms with Crippen molar-refractivity contribution in [3.63, 3.8) is 0 Å². The molecule has 0 aliphatic heterocycles. The highest BCUT2D eigenvalue weighted by Crippen LogP contribution is 2.46. The molecule has 1 aromatic rings. The normalized spacial score (nSPS) is 15.2. The zero-order valence-corrected chi connectivity index (χ0v) is 9.96. The maximum atomic E-state index is 9.32. The molecule has 1 aromatic carbocycles. The van der Waals surface area contributed by atoms with E-state index < -0.39 is 0 Å². The first-order chi connectivity index (χ1) is 7.76. The summed E-state index contributed by atoms with van der Waals surface area (Å²) in [6.07, 6.45) is 2.32. The minimum absolute atomic E-state index is 0.00423. The molecule has 4 heteroatoms. The highest BCUT2D eigenvalue weighted by Gasteiger charge is 2.28. The molecule has 0 bridgehead atoms. The first-order valence-electron chi connectivity index (χ1n) is 5.31. The fourth-order valence-electron chi connectivity index (χ4n) is 1.82. The zero-order valence-electron chi connectivity index (χ0n) is 9.20. The summed E-state index contributed by atoms with van der Waals surface area (Å²) in [5.74, 6) is 1.16. The maximum absolute atomic E-state index is 9.32. The van der Waals surface area contributed by atoms with Gasteiger partial charge in [0.05, 0.1) is 6.61 Å². The third-order valence-electron chi connectivity index (χ3n) is 2.69. The van der Waals surface area contributed by atoms with E-state index in [4.69, 9.17) is 21.1 Å². The summed E-state index contributed by atoms with van der Waals surface area (Å²) >= 11 is 6.20. The van der Waals surface area contributed by atoms with Gasteiger partial charge in [-0.3, -0.25) is 0 Å². The number of rotatable bonds is 5. The Balaban J connectivity index is 2.26. The molecule has 0 amide bonds. The minimum atomic E-state index is -0.00423. The summed E-state index contributed by atoms with van der Waals surface area (Å²) < 4.78 is 10.1. The van der Waals surface area contributed by atoms with E-state index in [1.165, 1.54) is 0 Å². The molecule has 1 aliphatic rings. The van der Waals surface area contributed by atoms with Crippen molar-refractivity contribution in [1.29, 1.82) is 0 Å². The lowest BCUT2D eigenvalue weighted by Gasteiger charge is -2.12. The topological polar surface area (TPSA) is 38.7 Å². The van der Waals surface area contributed by atoms with E-state index in [0.717, 1.165) is 24.0 Å². The number of halogens is 1. The Kier molecular flexibility index (Phi) is 3.69. The molecule has 0 atom stereocenters. The fourth-order valence-corrected chi connectivity index (χ4v) is 2.20. The molecule has 0 radical (unpaired) electrons. The highest BCUT2D eigenvalue weighted by molar-refractivity contribution is 6.31. The van der Waals surface area contributed by atoms with E-state index in [9.17, 15) is 5.11 Å². The number of aliphatic hydroxyl groups excluding tert-OH is 1. The molecule has 1 saturated carbocycles. The molecule has 0 heterocycles. The second-order valence-electron chi connectivity index (χ2n) is 3.96. The third kappa shape index (κ3) is 2.48. The predicted molar refractivity (Wildman–Crippen MR) is 61.9 cm³/mol. The van der Waals surface area contributed by atoms with Gasteiger partial charge in [-0.05, 0) is 42.0 Å². The van der Waals surface area contributed by atoms with Crippen molar-refractivity contribution in [3.8, 4) is 5.75 Å². The summed E-state index contributed by atoms with van der Waals surface area (Å²) in [6, 6.07) is 3.62. The van der Waals surface area contributed by atoms with Crippen LogP contribution in [-0.4, -0.2) is 19.0 Å². The molecule has 0 spiro atoms. The summed E-state index contributed by atoms with van der Waals surface area (Å²) in [4.78, 5) is 0. The van der Waals surface area contributed by atoms with E-state index >= 15 is 0 Å². The predicted octanol–water partition coefficient (Wildman–Crippen LogP) is 2.69. The Hall–Kier alpha value is -0.770. The molecule has 2 rings (SSSR count). The lowest BCUT2D eigenvalue weighted by molar-refractivity contribution is 0.0510. The van der Waals surface area contributed by atoms with Gasteiger partial charge in [-0.1, -0.05) is 11.6 Å². The average Bonchev–Trinajstić information content (AvgIpc) is 3.09. The van der Waals surface area contributed by atoms with Crippen molar-refractivity contribution in [1.82, 2.24) is 0 Å². The van der Waals surface area contributed by atoms with Crippen molar-refractivity contribution in [2.75, 3.05) is 13.9 Å². The number of ether oxygens (including phenoxy) is 2. The van der Waals surface area contributed by atoms with Gasteiger partial charge in [-0.15, -0.1) is 0 Å². The zero-order chi connectivity index (χ0) is 11.5. The van der Waals surface area contributed by atoms with E-state index in [2.05, 4.69) is 0 Å². The van der Waals surface area contributed by atoms with Gasteiger partial charge < -0.3 is 14.6 Å². The molecule has 1 aliphatic carbocycles. The van der Waals surface area contributed by atoms with E-state index in [0.29, 0.717) is 16.7 Å². The standard InChI is InChI=1S/C12H15ClO3/c1-15-7-16-10-4-9(6-14)12(8-2-3-8)11(13)5-10/h4-5,8,14H,2-3,6-7H2,1H3. The van der Waals surface area contributed by atoms with Gasteiger partial charge in [0.25, 0.3) is 0 Å². The molecule has 1 fully saturated rings. The van der Waals surface area contributed by atoms with Crippen LogP contribution in [-0.2, 0) is 11.3 Å². The van der Waals surface area contributed by atoms with Crippen LogP contribution in [0.25, 0.3) is 0 Å². The van der Waals surface area contributed by atoms with Crippen LogP contribution in [0.15, 0.2) is 12.1 Å². The summed E-state index contributed by atoms with van der Waals surface area (Å²) in [6.45, 7) is 0.180. The van der Waals surface area contributed by atoms with Crippen LogP contribution >= 0.6 is 11.6 Å². The third-order valence-corrected chi connectivity index (χ3v) is 3.00. The first-order valence-corrected chi connectivity index (χ1v) is 5.69. The molecule has 0 unspecified atom stereocenters. The van der Waals surface area contributed by atoms with Crippen molar-refractivity contribution in [2.24, 2.45) is 0 Å². The van der Waals surface area contributed by atoms with Gasteiger partial charge in [0, 0.05) is 12.1 Å². The number of hydrogen-bond donors (Lipinski definition) is 1. The fraction of sp³-hybridized carbons (Fsp3) is 0.500. The summed E-state index contributed by atoms with van der Waals surface area (Å²) in [5.41, 5.74) is 1.94. The number of methoxy groups -OCH3 is 1. The van der Waals surface area contributed by atoms with Crippen molar-refractivity contribution < 1.29 is 14.6 Å². The second-order valence-corrected chi connectivity index (χ2v) is 4.37. The monoisotopic (exact) mass is 242 g/mol. The molecular weight excluding hydrogens is 228 g/mol. The largest absolute Gasteiger partial charge is 0.468 e. The Morgan fingerprint density at radius 3 is 2.75 bits per heavy atom. The average molecular weight is 243 g/mol. The SMILES string of the molecule is COCOc1cc(Cl)c(C2CC2)c(CO)c1. The van der Waals surface area contributed by atoms with Crippen LogP contribution in [0.1, 0.15) is 29.9 Å². The number of aliphatic hydroxyl groups is 1. The minimum Gasteiger partial charge on any atom is -0.468 e. The molecule has 1 N–H and O–H groups in total. The molecule has 0 saturated heterocycles. The van der Waals surface area contributed by atoms with Gasteiger partial charge in [0.2, 0.25) is 0 Å². The summed E-state index contributed by atoms with van der Waals surface area (Å²) in [5, 5.41) is 10.0. The van der Waals surface area contributed by atoms with Crippen LogP contribution in [0, 0.1) is 0 Å². The van der Waals surface area contributed by atoms with E-state index in [1.807, 2.05) is 6.07 Å². The van der Waals surface area contributed by atoms with Gasteiger partial charge in [0.1, 0.15) is 5.75 Å². The molecular formula is C12H15ClO3. The Labute approximate surface area is 99.9 Å². The molecule has 16 heavy (non-hydrogen) atoms. The number of hydrogen-bond acceptors (Lipinski definition) is 3. The lowest BCUT2D eigenvalue weighted by Crippen LogP contribution is -2.01. The van der Waals surface area contributed by atoms with Crippen LogP contribution in [0.5, 0.6) is 5.75 Å². The van der Waals surface area contributed by atoms with Crippen LogP contribution < -0.4 is 4.74 Å². The molecule has 88 valence electrons. The van der Waals surface area contributed by atoms with Crippen LogP contribution in [0.3, 0.4) is 0 Å². The number of benzene rings is 1. The van der Waals surface area contributed by atoms with Crippen LogP contribution in [0.4, 0.5) is 0 Å². The van der Waals surface area contributed by atoms with Gasteiger partial charge in [0.15, 0.2) is 6.79 Å². The Morgan fingerprint density at radius 2 is 2.19 bits per heavy atom. The first kappa shape index (κ1) is 11.7. The Morgan fingerprint density at radius 1 is 1.44 bits per heavy atom. The highest BCUT2D eigenvalue weighted by atomic mass is 35.5. The molecule has 3 nitrogen and oxygen atoms in total. The summed E-state index contributed by atoms with van der Waals surface area (Å²) in [7, 11) is 1.56. The van der Waals surface area contributed by atoms with Crippen molar-refractivity contribution >= 4 is 11.6 Å². The van der Waals surface area contributed by atoms with Gasteiger partial charge in [-0.25, -0.2) is 0 Å². The van der Waals surface area contributed by atoms with E-state index in [-0.39, 0.29) is 13.4 Å². The quantitative estimate of drug-likeness (QED) is 0.807. The van der Waals surface area contributed by atoms with Gasteiger partial charge in [-0.2, -0.15) is 0 Å². The van der Waals surface area contributed by atoms with Crippen molar-refractivity contribution in [2.45, 2.75) is 25.4 Å². The van der Waals surface area contributed by atoms with E-state index in [1.54, 1.807) is 13.2 Å². The maximum Gasteiger partial charge on any atom is 0.188 e. The van der Waals surface area contributed by atoms with Gasteiger partial charge >= 0.3 is 0 Å².